The van der Waals surface area contributed by atoms with Crippen LogP contribution in [0.25, 0.3) is 0 Å². The summed E-state index contributed by atoms with van der Waals surface area (Å²) in [7, 11) is 0. The van der Waals surface area contributed by atoms with Crippen LogP contribution in [-0.4, -0.2) is 18.3 Å². The topological polar surface area (TPSA) is 29.5 Å². The Morgan fingerprint density at radius 3 is 2.71 bits per heavy atom. The number of hydrogen-bond donors (Lipinski definition) is 1. The van der Waals surface area contributed by atoms with E-state index >= 15 is 0 Å². The van der Waals surface area contributed by atoms with Gasteiger partial charge in [0.1, 0.15) is 0 Å². The Kier molecular flexibility index (Phi) is 4.57. The fraction of sp³-hybridized carbons (Fsp3) is 0.600. The van der Waals surface area contributed by atoms with Gasteiger partial charge in [-0.25, -0.2) is 0 Å². The van der Waals surface area contributed by atoms with Crippen LogP contribution in [0, 0.1) is 17.8 Å². The SMILES string of the molecule is C[C@H](COCc1ccccc1)C[C@H]1C[C@@H]1CO. The van der Waals surface area contributed by atoms with Crippen molar-refractivity contribution in [2.75, 3.05) is 13.2 Å². The van der Waals surface area contributed by atoms with Gasteiger partial charge in [0.05, 0.1) is 6.61 Å². The second-order valence-electron chi connectivity index (χ2n) is 5.28. The van der Waals surface area contributed by atoms with Crippen molar-refractivity contribution in [2.24, 2.45) is 17.8 Å². The number of aliphatic hydroxyl groups excluding tert-OH is 1. The Labute approximate surface area is 104 Å². The molecular formula is C15H22O2. The molecule has 94 valence electrons. The van der Waals surface area contributed by atoms with E-state index in [-0.39, 0.29) is 0 Å². The zero-order valence-electron chi connectivity index (χ0n) is 10.5. The predicted molar refractivity (Wildman–Crippen MR) is 68.6 cm³/mol. The first-order valence-corrected chi connectivity index (χ1v) is 6.52. The maximum atomic E-state index is 8.98. The number of aliphatic hydroxyl groups is 1. The maximum Gasteiger partial charge on any atom is 0.0717 e. The Balaban J connectivity index is 1.59. The summed E-state index contributed by atoms with van der Waals surface area (Å²) < 4.78 is 5.72. The number of hydrogen-bond acceptors (Lipinski definition) is 2. The van der Waals surface area contributed by atoms with Crippen LogP contribution in [0.5, 0.6) is 0 Å². The summed E-state index contributed by atoms with van der Waals surface area (Å²) in [6, 6.07) is 10.3. The molecule has 2 heteroatoms. The molecule has 0 bridgehead atoms. The molecule has 1 aliphatic carbocycles. The number of rotatable bonds is 7. The third-order valence-corrected chi connectivity index (χ3v) is 3.52. The molecule has 0 amide bonds. The second-order valence-corrected chi connectivity index (χ2v) is 5.28. The molecule has 1 aromatic rings. The minimum absolute atomic E-state index is 0.363. The molecule has 1 saturated carbocycles. The van der Waals surface area contributed by atoms with Gasteiger partial charge in [-0.1, -0.05) is 37.3 Å². The zero-order valence-corrected chi connectivity index (χ0v) is 10.5. The average Bonchev–Trinajstić information content (AvgIpc) is 3.09. The minimum atomic E-state index is 0.363. The van der Waals surface area contributed by atoms with Gasteiger partial charge in [0.2, 0.25) is 0 Å². The first-order valence-electron chi connectivity index (χ1n) is 6.52. The van der Waals surface area contributed by atoms with Crippen molar-refractivity contribution in [2.45, 2.75) is 26.4 Å². The zero-order chi connectivity index (χ0) is 12.1. The normalized spacial score (nSPS) is 24.6. The van der Waals surface area contributed by atoms with Gasteiger partial charge in [0, 0.05) is 13.2 Å². The molecule has 2 rings (SSSR count). The van der Waals surface area contributed by atoms with Gasteiger partial charge >= 0.3 is 0 Å². The molecule has 2 nitrogen and oxygen atoms in total. The number of benzene rings is 1. The van der Waals surface area contributed by atoms with Crippen LogP contribution in [-0.2, 0) is 11.3 Å². The smallest absolute Gasteiger partial charge is 0.0717 e. The van der Waals surface area contributed by atoms with E-state index in [9.17, 15) is 0 Å². The van der Waals surface area contributed by atoms with Crippen LogP contribution in [0.3, 0.4) is 0 Å². The Hall–Kier alpha value is -0.860. The number of ether oxygens (including phenoxy) is 1. The van der Waals surface area contributed by atoms with Crippen molar-refractivity contribution in [1.82, 2.24) is 0 Å². The van der Waals surface area contributed by atoms with E-state index in [2.05, 4.69) is 19.1 Å². The summed E-state index contributed by atoms with van der Waals surface area (Å²) >= 11 is 0. The van der Waals surface area contributed by atoms with Gasteiger partial charge in [-0.05, 0) is 36.2 Å². The van der Waals surface area contributed by atoms with Gasteiger partial charge in [-0.3, -0.25) is 0 Å². The van der Waals surface area contributed by atoms with E-state index in [4.69, 9.17) is 9.84 Å². The summed E-state index contributed by atoms with van der Waals surface area (Å²) in [5.74, 6) is 1.92. The monoisotopic (exact) mass is 234 g/mol. The van der Waals surface area contributed by atoms with Crippen LogP contribution in [0.15, 0.2) is 30.3 Å². The summed E-state index contributed by atoms with van der Waals surface area (Å²) in [6.45, 7) is 4.13. The highest BCUT2D eigenvalue weighted by molar-refractivity contribution is 5.13. The lowest BCUT2D eigenvalue weighted by atomic mass is 10.0. The summed E-state index contributed by atoms with van der Waals surface area (Å²) in [5.41, 5.74) is 1.24. The van der Waals surface area contributed by atoms with Crippen LogP contribution < -0.4 is 0 Å². The highest BCUT2D eigenvalue weighted by atomic mass is 16.5. The van der Waals surface area contributed by atoms with Crippen molar-refractivity contribution in [1.29, 1.82) is 0 Å². The third-order valence-electron chi connectivity index (χ3n) is 3.52. The Morgan fingerprint density at radius 2 is 2.06 bits per heavy atom. The Morgan fingerprint density at radius 1 is 1.29 bits per heavy atom. The molecule has 17 heavy (non-hydrogen) atoms. The van der Waals surface area contributed by atoms with Crippen molar-refractivity contribution in [3.8, 4) is 0 Å². The summed E-state index contributed by atoms with van der Waals surface area (Å²) in [6.07, 6.45) is 2.40. The molecule has 0 aliphatic heterocycles. The maximum absolute atomic E-state index is 8.98. The fourth-order valence-electron chi connectivity index (χ4n) is 2.36. The average molecular weight is 234 g/mol. The van der Waals surface area contributed by atoms with Crippen LogP contribution in [0.4, 0.5) is 0 Å². The molecule has 0 saturated heterocycles. The molecule has 0 heterocycles. The molecule has 1 N–H and O–H groups in total. The van der Waals surface area contributed by atoms with Gasteiger partial charge in [0.15, 0.2) is 0 Å². The summed E-state index contributed by atoms with van der Waals surface area (Å²) in [5, 5.41) is 8.98. The van der Waals surface area contributed by atoms with Crippen molar-refractivity contribution in [3.63, 3.8) is 0 Å². The highest BCUT2D eigenvalue weighted by Crippen LogP contribution is 2.42. The van der Waals surface area contributed by atoms with Gasteiger partial charge in [0.25, 0.3) is 0 Å². The van der Waals surface area contributed by atoms with Gasteiger partial charge in [-0.2, -0.15) is 0 Å². The van der Waals surface area contributed by atoms with E-state index in [1.54, 1.807) is 0 Å². The molecule has 1 aliphatic rings. The van der Waals surface area contributed by atoms with E-state index in [0.717, 1.165) is 12.5 Å². The van der Waals surface area contributed by atoms with Crippen molar-refractivity contribution in [3.05, 3.63) is 35.9 Å². The largest absolute Gasteiger partial charge is 0.396 e. The van der Waals surface area contributed by atoms with Crippen LogP contribution in [0.1, 0.15) is 25.3 Å². The molecule has 0 radical (unpaired) electrons. The van der Waals surface area contributed by atoms with Gasteiger partial charge < -0.3 is 9.84 Å². The third kappa shape index (κ3) is 4.14. The first-order chi connectivity index (χ1) is 8.29. The molecule has 1 aromatic carbocycles. The second kappa shape index (κ2) is 6.18. The predicted octanol–water partition coefficient (Wildman–Crippen LogP) is 2.86. The van der Waals surface area contributed by atoms with Crippen LogP contribution >= 0.6 is 0 Å². The highest BCUT2D eigenvalue weighted by Gasteiger charge is 2.36. The molecule has 0 unspecified atom stereocenters. The lowest BCUT2D eigenvalue weighted by Gasteiger charge is -2.11. The molecule has 0 spiro atoms. The quantitative estimate of drug-likeness (QED) is 0.786. The van der Waals surface area contributed by atoms with E-state index < -0.39 is 0 Å². The van der Waals surface area contributed by atoms with Gasteiger partial charge in [-0.15, -0.1) is 0 Å². The van der Waals surface area contributed by atoms with E-state index in [1.807, 2.05) is 18.2 Å². The first kappa shape index (κ1) is 12.6. The van der Waals surface area contributed by atoms with E-state index in [0.29, 0.717) is 25.0 Å². The van der Waals surface area contributed by atoms with Crippen LogP contribution in [0.2, 0.25) is 0 Å². The lowest BCUT2D eigenvalue weighted by molar-refractivity contribution is 0.0868. The molecular weight excluding hydrogens is 212 g/mol. The molecule has 0 aromatic heterocycles. The lowest BCUT2D eigenvalue weighted by Crippen LogP contribution is -2.07. The molecule has 1 fully saturated rings. The summed E-state index contributed by atoms with van der Waals surface area (Å²) in [4.78, 5) is 0. The van der Waals surface area contributed by atoms with E-state index in [1.165, 1.54) is 18.4 Å². The molecule has 3 atom stereocenters. The minimum Gasteiger partial charge on any atom is -0.396 e. The van der Waals surface area contributed by atoms with Crippen molar-refractivity contribution >= 4 is 0 Å². The standard InChI is InChI=1S/C15H22O2/c1-12(7-14-8-15(14)9-16)10-17-11-13-5-3-2-4-6-13/h2-6,12,14-16H,7-11H2,1H3/t12-,14-,15+/m0/s1. The fourth-order valence-corrected chi connectivity index (χ4v) is 2.36. The Bertz CT molecular complexity index is 323. The van der Waals surface area contributed by atoms with Crippen molar-refractivity contribution < 1.29 is 9.84 Å².